The third-order valence-corrected chi connectivity index (χ3v) is 6.78. The van der Waals surface area contributed by atoms with E-state index in [1.54, 1.807) is 11.3 Å². The minimum atomic E-state index is -0.0906. The first kappa shape index (κ1) is 22.2. The van der Waals surface area contributed by atoms with Gasteiger partial charge < -0.3 is 10.1 Å². The van der Waals surface area contributed by atoms with Crippen molar-refractivity contribution in [3.05, 3.63) is 89.6 Å². The van der Waals surface area contributed by atoms with Crippen LogP contribution in [0.4, 0.5) is 0 Å². The average Bonchev–Trinajstić information content (AvgIpc) is 3.41. The number of amides is 1. The summed E-state index contributed by atoms with van der Waals surface area (Å²) in [6, 6.07) is 22.2. The molecular weight excluding hydrogens is 442 g/mol. The van der Waals surface area contributed by atoms with Crippen molar-refractivity contribution in [2.24, 2.45) is 0 Å². The van der Waals surface area contributed by atoms with Crippen molar-refractivity contribution >= 4 is 32.4 Å². The zero-order valence-electron chi connectivity index (χ0n) is 19.5. The van der Waals surface area contributed by atoms with E-state index in [0.29, 0.717) is 12.1 Å². The summed E-state index contributed by atoms with van der Waals surface area (Å²) < 4.78 is 8.81. The number of nitrogens with one attached hydrogen (secondary N) is 1. The molecule has 34 heavy (non-hydrogen) atoms. The Morgan fingerprint density at radius 3 is 2.47 bits per heavy atom. The van der Waals surface area contributed by atoms with Gasteiger partial charge in [0.1, 0.15) is 5.75 Å². The number of aromatic nitrogens is 2. The zero-order chi connectivity index (χ0) is 23.7. The van der Waals surface area contributed by atoms with Crippen LogP contribution in [0.15, 0.2) is 72.9 Å². The molecule has 2 aromatic heterocycles. The first-order valence-electron chi connectivity index (χ1n) is 11.5. The van der Waals surface area contributed by atoms with Gasteiger partial charge in [-0.2, -0.15) is 0 Å². The second kappa shape index (κ2) is 9.31. The van der Waals surface area contributed by atoms with Crippen LogP contribution in [-0.4, -0.2) is 21.4 Å². The summed E-state index contributed by atoms with van der Waals surface area (Å²) in [5.74, 6) is 0.742. The minimum Gasteiger partial charge on any atom is -0.491 e. The molecule has 0 saturated heterocycles. The number of carbonyl (C=O) groups excluding carboxylic acids is 1. The van der Waals surface area contributed by atoms with Crippen molar-refractivity contribution in [2.45, 2.75) is 39.8 Å². The highest BCUT2D eigenvalue weighted by Crippen LogP contribution is 2.30. The third kappa shape index (κ3) is 4.54. The Hall–Kier alpha value is -3.64. The molecule has 5 aromatic rings. The second-order valence-corrected chi connectivity index (χ2v) is 9.62. The maximum Gasteiger partial charge on any atom is 0.251 e. The number of ether oxygens (including phenoxy) is 1. The van der Waals surface area contributed by atoms with Crippen molar-refractivity contribution in [3.63, 3.8) is 0 Å². The molecule has 6 heteroatoms. The van der Waals surface area contributed by atoms with Gasteiger partial charge in [0.05, 0.1) is 22.0 Å². The molecule has 2 heterocycles. The molecule has 0 aliphatic rings. The highest BCUT2D eigenvalue weighted by molar-refractivity contribution is 7.23. The van der Waals surface area contributed by atoms with Gasteiger partial charge in [0.2, 0.25) is 0 Å². The Morgan fingerprint density at radius 2 is 1.76 bits per heavy atom. The standard InChI is InChI=1S/C28H27N3O2S/c1-4-19-5-9-21(10-6-19)24-17-31-25-14-11-22(15-26(25)34-28(31)30-24)27(32)29-16-20-7-12-23(13-8-20)33-18(2)3/h5-15,17-18H,4,16H2,1-3H3,(H,29,32). The predicted molar refractivity (Wildman–Crippen MR) is 139 cm³/mol. The number of benzene rings is 3. The lowest BCUT2D eigenvalue weighted by atomic mass is 10.1. The Kier molecular flexibility index (Phi) is 6.07. The maximum absolute atomic E-state index is 12.8. The van der Waals surface area contributed by atoms with Crippen molar-refractivity contribution in [2.75, 3.05) is 0 Å². The highest BCUT2D eigenvalue weighted by Gasteiger charge is 2.13. The van der Waals surface area contributed by atoms with Crippen LogP contribution in [0.25, 0.3) is 26.4 Å². The number of hydrogen-bond donors (Lipinski definition) is 1. The van der Waals surface area contributed by atoms with E-state index in [2.05, 4.69) is 47.1 Å². The van der Waals surface area contributed by atoms with Crippen molar-refractivity contribution in [1.82, 2.24) is 14.7 Å². The molecule has 172 valence electrons. The van der Waals surface area contributed by atoms with Gasteiger partial charge in [0.15, 0.2) is 4.96 Å². The van der Waals surface area contributed by atoms with Gasteiger partial charge in [0.25, 0.3) is 5.91 Å². The number of carbonyl (C=O) groups is 1. The molecule has 5 rings (SSSR count). The Balaban J connectivity index is 1.30. The fraction of sp³-hybridized carbons (Fsp3) is 0.214. The molecule has 1 N–H and O–H groups in total. The fourth-order valence-corrected chi connectivity index (χ4v) is 4.98. The number of rotatable bonds is 7. The molecule has 0 unspecified atom stereocenters. The van der Waals surface area contributed by atoms with Crippen LogP contribution >= 0.6 is 11.3 Å². The highest BCUT2D eigenvalue weighted by atomic mass is 32.1. The Labute approximate surface area is 203 Å². The van der Waals surface area contributed by atoms with E-state index in [4.69, 9.17) is 9.72 Å². The average molecular weight is 470 g/mol. The van der Waals surface area contributed by atoms with Crippen LogP contribution in [0.5, 0.6) is 5.75 Å². The van der Waals surface area contributed by atoms with Gasteiger partial charge in [-0.15, -0.1) is 0 Å². The van der Waals surface area contributed by atoms with E-state index < -0.39 is 0 Å². The molecule has 0 spiro atoms. The minimum absolute atomic E-state index is 0.0906. The fourth-order valence-electron chi connectivity index (χ4n) is 3.94. The molecule has 1 amide bonds. The molecule has 5 nitrogen and oxygen atoms in total. The summed E-state index contributed by atoms with van der Waals surface area (Å²) in [5.41, 5.74) is 6.12. The SMILES string of the molecule is CCc1ccc(-c2cn3c(n2)sc2cc(C(=O)NCc4ccc(OC(C)C)cc4)ccc23)cc1. The first-order valence-corrected chi connectivity index (χ1v) is 12.4. The molecule has 0 bridgehead atoms. The number of aryl methyl sites for hydroxylation is 1. The molecule has 0 saturated carbocycles. The largest absolute Gasteiger partial charge is 0.491 e. The van der Waals surface area contributed by atoms with E-state index in [1.807, 2.05) is 56.3 Å². The first-order chi connectivity index (χ1) is 16.5. The molecule has 0 fully saturated rings. The monoisotopic (exact) mass is 469 g/mol. The molecule has 0 aliphatic heterocycles. The number of imidazole rings is 1. The smallest absolute Gasteiger partial charge is 0.251 e. The summed E-state index contributed by atoms with van der Waals surface area (Å²) in [6.07, 6.45) is 3.24. The Bertz CT molecular complexity index is 1450. The summed E-state index contributed by atoms with van der Waals surface area (Å²) in [7, 11) is 0. The van der Waals surface area contributed by atoms with Crippen molar-refractivity contribution in [1.29, 1.82) is 0 Å². The molecule has 0 atom stereocenters. The lowest BCUT2D eigenvalue weighted by Crippen LogP contribution is -2.22. The van der Waals surface area contributed by atoms with Crippen LogP contribution in [0.2, 0.25) is 0 Å². The van der Waals surface area contributed by atoms with Crippen molar-refractivity contribution < 1.29 is 9.53 Å². The second-order valence-electron chi connectivity index (χ2n) is 8.61. The maximum atomic E-state index is 12.8. The van der Waals surface area contributed by atoms with Crippen molar-refractivity contribution in [3.8, 4) is 17.0 Å². The Morgan fingerprint density at radius 1 is 1.03 bits per heavy atom. The molecular formula is C28H27N3O2S. The molecule has 0 aliphatic carbocycles. The van der Waals surface area contributed by atoms with E-state index in [9.17, 15) is 4.79 Å². The molecule has 3 aromatic carbocycles. The normalized spacial score (nSPS) is 11.4. The summed E-state index contributed by atoms with van der Waals surface area (Å²) in [5, 5.41) is 3.01. The van der Waals surface area contributed by atoms with Crippen LogP contribution < -0.4 is 10.1 Å². The van der Waals surface area contributed by atoms with Crippen LogP contribution in [0, 0.1) is 0 Å². The van der Waals surface area contributed by atoms with Gasteiger partial charge in [-0.25, -0.2) is 4.98 Å². The third-order valence-electron chi connectivity index (χ3n) is 5.76. The molecule has 0 radical (unpaired) electrons. The lowest BCUT2D eigenvalue weighted by molar-refractivity contribution is 0.0951. The van der Waals surface area contributed by atoms with Gasteiger partial charge >= 0.3 is 0 Å². The lowest BCUT2D eigenvalue weighted by Gasteiger charge is -2.10. The van der Waals surface area contributed by atoms with E-state index in [1.165, 1.54) is 5.56 Å². The van der Waals surface area contributed by atoms with Crippen LogP contribution in [-0.2, 0) is 13.0 Å². The summed E-state index contributed by atoms with van der Waals surface area (Å²) in [6.45, 7) is 6.62. The van der Waals surface area contributed by atoms with Crippen LogP contribution in [0.3, 0.4) is 0 Å². The predicted octanol–water partition coefficient (Wildman–Crippen LogP) is 6.50. The number of hydrogen-bond acceptors (Lipinski definition) is 4. The zero-order valence-corrected chi connectivity index (χ0v) is 20.4. The number of fused-ring (bicyclic) bond motifs is 3. The summed E-state index contributed by atoms with van der Waals surface area (Å²) >= 11 is 1.60. The van der Waals surface area contributed by atoms with Gasteiger partial charge in [-0.1, -0.05) is 54.7 Å². The van der Waals surface area contributed by atoms with Gasteiger partial charge in [0, 0.05) is 23.9 Å². The summed E-state index contributed by atoms with van der Waals surface area (Å²) in [4.78, 5) is 18.5. The number of nitrogens with zero attached hydrogens (tertiary/aromatic N) is 2. The quantitative estimate of drug-likeness (QED) is 0.296. The van der Waals surface area contributed by atoms with E-state index in [0.717, 1.165) is 44.2 Å². The van der Waals surface area contributed by atoms with Gasteiger partial charge in [-0.05, 0) is 61.7 Å². The number of thiazole rings is 1. The van der Waals surface area contributed by atoms with Gasteiger partial charge in [-0.3, -0.25) is 9.20 Å². The van der Waals surface area contributed by atoms with Crippen LogP contribution in [0.1, 0.15) is 42.3 Å². The topological polar surface area (TPSA) is 55.6 Å². The van der Waals surface area contributed by atoms with E-state index in [-0.39, 0.29) is 12.0 Å². The van der Waals surface area contributed by atoms with E-state index >= 15 is 0 Å².